The van der Waals surface area contributed by atoms with Crippen molar-refractivity contribution in [1.82, 2.24) is 10.3 Å². The topological polar surface area (TPSA) is 61.1 Å². The molecule has 5 rings (SSSR count). The number of fused-ring (bicyclic) bond motifs is 1. The molecule has 1 saturated heterocycles. The zero-order chi connectivity index (χ0) is 23.8. The Bertz CT molecular complexity index is 1390. The first-order valence-electron chi connectivity index (χ1n) is 10.8. The fourth-order valence-electron chi connectivity index (χ4n) is 4.21. The van der Waals surface area contributed by atoms with Gasteiger partial charge in [0.05, 0.1) is 5.56 Å². The number of nitrogens with one attached hydrogen (secondary N) is 1. The number of hydrogen-bond donors (Lipinski definition) is 1. The molecule has 2 aromatic carbocycles. The van der Waals surface area contributed by atoms with E-state index in [1.165, 1.54) is 30.3 Å². The van der Waals surface area contributed by atoms with E-state index < -0.39 is 23.3 Å². The Hall–Kier alpha value is -3.72. The second kappa shape index (κ2) is 8.90. The molecule has 0 bridgehead atoms. The van der Waals surface area contributed by atoms with Gasteiger partial charge in [-0.15, -0.1) is 0 Å². The van der Waals surface area contributed by atoms with E-state index in [4.69, 9.17) is 4.74 Å². The number of rotatable bonds is 4. The van der Waals surface area contributed by atoms with Gasteiger partial charge >= 0.3 is 0 Å². The van der Waals surface area contributed by atoms with E-state index in [1.54, 1.807) is 0 Å². The smallest absolute Gasteiger partial charge is 0.253 e. The van der Waals surface area contributed by atoms with Crippen molar-refractivity contribution in [2.45, 2.75) is 18.9 Å². The number of piperidine rings is 1. The molecular weight excluding hydrogens is 450 g/mol. The molecule has 1 N–H and O–H groups in total. The van der Waals surface area contributed by atoms with Gasteiger partial charge in [0, 0.05) is 29.1 Å². The van der Waals surface area contributed by atoms with E-state index in [1.807, 2.05) is 0 Å². The van der Waals surface area contributed by atoms with E-state index in [9.17, 15) is 22.8 Å². The lowest BCUT2D eigenvalue weighted by molar-refractivity contribution is -0.592. The Morgan fingerprint density at radius 1 is 0.912 bits per heavy atom. The Kier molecular flexibility index (Phi) is 5.79. The maximum atomic E-state index is 14.8. The summed E-state index contributed by atoms with van der Waals surface area (Å²) in [5, 5.41) is 16.3. The second-order valence-corrected chi connectivity index (χ2v) is 8.05. The van der Waals surface area contributed by atoms with Crippen LogP contribution in [0.3, 0.4) is 0 Å². The van der Waals surface area contributed by atoms with Crippen LogP contribution in [0.1, 0.15) is 12.8 Å². The summed E-state index contributed by atoms with van der Waals surface area (Å²) >= 11 is 0. The highest BCUT2D eigenvalue weighted by Crippen LogP contribution is 2.37. The van der Waals surface area contributed by atoms with Crippen molar-refractivity contribution in [3.8, 4) is 28.3 Å². The minimum atomic E-state index is -1.21. The normalized spacial score (nSPS) is 14.5. The van der Waals surface area contributed by atoms with Crippen LogP contribution in [0.2, 0.25) is 0 Å². The molecule has 4 aromatic rings. The lowest BCUT2D eigenvalue weighted by Gasteiger charge is -2.24. The summed E-state index contributed by atoms with van der Waals surface area (Å²) in [7, 11) is 0. The summed E-state index contributed by atoms with van der Waals surface area (Å²) in [5.74, 6) is -3.80. The van der Waals surface area contributed by atoms with E-state index in [2.05, 4.69) is 10.3 Å². The molecule has 9 heteroatoms. The summed E-state index contributed by atoms with van der Waals surface area (Å²) < 4.78 is 63.5. The van der Waals surface area contributed by atoms with Crippen LogP contribution in [-0.2, 0) is 0 Å². The number of aromatic nitrogens is 2. The monoisotopic (exact) mass is 469 g/mol. The largest absolute Gasteiger partial charge is 0.618 e. The van der Waals surface area contributed by atoms with Crippen LogP contribution in [-0.4, -0.2) is 24.2 Å². The molecule has 1 aliphatic rings. The third-order valence-electron chi connectivity index (χ3n) is 5.86. The molecule has 0 amide bonds. The minimum absolute atomic E-state index is 0.00663. The fraction of sp³-hybridized carbons (Fsp3) is 0.200. The minimum Gasteiger partial charge on any atom is -0.618 e. The molecule has 174 valence electrons. The van der Waals surface area contributed by atoms with Gasteiger partial charge < -0.3 is 15.3 Å². The lowest BCUT2D eigenvalue weighted by Crippen LogP contribution is -2.34. The molecule has 0 radical (unpaired) electrons. The highest BCUT2D eigenvalue weighted by molar-refractivity contribution is 6.00. The highest BCUT2D eigenvalue weighted by atomic mass is 19.2. The highest BCUT2D eigenvalue weighted by Gasteiger charge is 2.25. The van der Waals surface area contributed by atoms with Crippen LogP contribution < -0.4 is 14.8 Å². The van der Waals surface area contributed by atoms with Gasteiger partial charge in [0.15, 0.2) is 17.8 Å². The van der Waals surface area contributed by atoms with Crippen molar-refractivity contribution < 1.29 is 27.0 Å². The molecule has 3 heterocycles. The average Bonchev–Trinajstić information content (AvgIpc) is 2.81. The maximum Gasteiger partial charge on any atom is 0.253 e. The SMILES string of the molecule is [O-][n+]1ccc2c(-c3ccc(F)cc3F)cc(OC3CCNCC3)nc2c1-c1cccc(F)c1F. The summed E-state index contributed by atoms with van der Waals surface area (Å²) in [5.41, 5.74) is -0.192. The number of benzene rings is 2. The third kappa shape index (κ3) is 4.03. The van der Waals surface area contributed by atoms with Gasteiger partial charge in [-0.05, 0) is 55.8 Å². The Morgan fingerprint density at radius 2 is 1.71 bits per heavy atom. The standard InChI is InChI=1S/C25H19F4N3O2/c26-14-4-5-16(21(28)12-14)19-13-22(34-15-6-9-30-10-7-15)31-24-17(19)8-11-32(33)25(24)18-2-1-3-20(27)23(18)29/h1-5,8,11-13,15,30H,6-7,9-10H2. The zero-order valence-corrected chi connectivity index (χ0v) is 17.8. The van der Waals surface area contributed by atoms with Crippen LogP contribution in [0.25, 0.3) is 33.3 Å². The van der Waals surface area contributed by atoms with Crippen LogP contribution in [0.4, 0.5) is 17.6 Å². The van der Waals surface area contributed by atoms with Gasteiger partial charge in [-0.3, -0.25) is 0 Å². The maximum absolute atomic E-state index is 14.8. The van der Waals surface area contributed by atoms with Crippen LogP contribution in [0.15, 0.2) is 54.7 Å². The summed E-state index contributed by atoms with van der Waals surface area (Å²) in [6.45, 7) is 1.50. The number of pyridine rings is 2. The van der Waals surface area contributed by atoms with E-state index in [0.717, 1.165) is 37.5 Å². The van der Waals surface area contributed by atoms with Crippen LogP contribution >= 0.6 is 0 Å². The summed E-state index contributed by atoms with van der Waals surface area (Å²) in [4.78, 5) is 4.46. The Morgan fingerprint density at radius 3 is 2.47 bits per heavy atom. The summed E-state index contributed by atoms with van der Waals surface area (Å²) in [6, 6.07) is 9.54. The first-order valence-corrected chi connectivity index (χ1v) is 10.8. The predicted octanol–water partition coefficient (Wildman–Crippen LogP) is 4.89. The fourth-order valence-corrected chi connectivity index (χ4v) is 4.21. The van der Waals surface area contributed by atoms with Crippen molar-refractivity contribution in [3.05, 3.63) is 83.2 Å². The van der Waals surface area contributed by atoms with Gasteiger partial charge in [-0.25, -0.2) is 22.5 Å². The Labute approximate surface area is 192 Å². The number of halogens is 4. The first-order chi connectivity index (χ1) is 16.4. The van der Waals surface area contributed by atoms with E-state index >= 15 is 0 Å². The van der Waals surface area contributed by atoms with Gasteiger partial charge in [-0.2, -0.15) is 4.73 Å². The lowest BCUT2D eigenvalue weighted by atomic mass is 9.98. The average molecular weight is 469 g/mol. The predicted molar refractivity (Wildman–Crippen MR) is 118 cm³/mol. The number of nitrogens with zero attached hydrogens (tertiary/aromatic N) is 2. The van der Waals surface area contributed by atoms with Crippen LogP contribution in [0.5, 0.6) is 5.88 Å². The zero-order valence-electron chi connectivity index (χ0n) is 17.8. The molecule has 0 saturated carbocycles. The van der Waals surface area contributed by atoms with Crippen molar-refractivity contribution in [2.24, 2.45) is 0 Å². The molecule has 0 spiro atoms. The van der Waals surface area contributed by atoms with Gasteiger partial charge in [0.25, 0.3) is 5.69 Å². The molecule has 2 aromatic heterocycles. The molecule has 34 heavy (non-hydrogen) atoms. The van der Waals surface area contributed by atoms with Crippen molar-refractivity contribution in [3.63, 3.8) is 0 Å². The summed E-state index contributed by atoms with van der Waals surface area (Å²) in [6.07, 6.45) is 2.36. The molecule has 0 unspecified atom stereocenters. The number of ether oxygens (including phenoxy) is 1. The second-order valence-electron chi connectivity index (χ2n) is 8.05. The Balaban J connectivity index is 1.79. The van der Waals surface area contributed by atoms with Crippen molar-refractivity contribution >= 4 is 10.9 Å². The quantitative estimate of drug-likeness (QED) is 0.263. The molecule has 0 atom stereocenters. The molecule has 1 aliphatic heterocycles. The first kappa shape index (κ1) is 22.1. The van der Waals surface area contributed by atoms with E-state index in [0.29, 0.717) is 23.0 Å². The van der Waals surface area contributed by atoms with Gasteiger partial charge in [0.2, 0.25) is 5.88 Å². The van der Waals surface area contributed by atoms with E-state index in [-0.39, 0.29) is 39.9 Å². The third-order valence-corrected chi connectivity index (χ3v) is 5.86. The molecule has 1 fully saturated rings. The molecular formula is C25H19F4N3O2. The van der Waals surface area contributed by atoms with Crippen LogP contribution in [0, 0.1) is 28.5 Å². The van der Waals surface area contributed by atoms with Crippen molar-refractivity contribution in [1.29, 1.82) is 0 Å². The number of hydrogen-bond acceptors (Lipinski definition) is 4. The molecule has 0 aliphatic carbocycles. The van der Waals surface area contributed by atoms with Gasteiger partial charge in [-0.1, -0.05) is 6.07 Å². The van der Waals surface area contributed by atoms with Crippen molar-refractivity contribution in [2.75, 3.05) is 13.1 Å². The van der Waals surface area contributed by atoms with Gasteiger partial charge in [0.1, 0.15) is 23.3 Å². The molecule has 5 nitrogen and oxygen atoms in total.